The second-order valence-corrected chi connectivity index (χ2v) is 7.15. The molecule has 0 radical (unpaired) electrons. The Morgan fingerprint density at radius 2 is 1.89 bits per heavy atom. The normalized spacial score (nSPS) is 16.7. The van der Waals surface area contributed by atoms with Gasteiger partial charge in [0.2, 0.25) is 0 Å². The number of halogens is 3. The Bertz CT molecular complexity index is 930. The van der Waals surface area contributed by atoms with Crippen molar-refractivity contribution in [2.75, 3.05) is 13.1 Å². The highest BCUT2D eigenvalue weighted by Crippen LogP contribution is 2.30. The molecule has 0 saturated carbocycles. The summed E-state index contributed by atoms with van der Waals surface area (Å²) in [7, 11) is 0. The van der Waals surface area contributed by atoms with Gasteiger partial charge in [0.05, 0.1) is 36.5 Å². The molecular weight excluding hydrogens is 367 g/mol. The number of ether oxygens (including phenoxy) is 1. The Morgan fingerprint density at radius 1 is 1.07 bits per heavy atom. The number of aromatic nitrogens is 2. The smallest absolute Gasteiger partial charge is 0.373 e. The van der Waals surface area contributed by atoms with E-state index in [1.165, 1.54) is 12.1 Å². The number of imidazole rings is 1. The number of rotatable bonds is 5. The number of alkyl halides is 3. The van der Waals surface area contributed by atoms with E-state index in [0.29, 0.717) is 5.56 Å². The molecule has 0 atom stereocenters. The van der Waals surface area contributed by atoms with E-state index in [1.54, 1.807) is 6.07 Å². The van der Waals surface area contributed by atoms with Crippen LogP contribution in [-0.4, -0.2) is 33.5 Å². The van der Waals surface area contributed by atoms with Gasteiger partial charge in [-0.1, -0.05) is 18.2 Å². The van der Waals surface area contributed by atoms with Gasteiger partial charge in [-0.3, -0.25) is 4.90 Å². The van der Waals surface area contributed by atoms with Crippen LogP contribution >= 0.6 is 0 Å². The molecule has 0 unspecified atom stereocenters. The van der Waals surface area contributed by atoms with E-state index < -0.39 is 11.7 Å². The molecule has 3 aromatic rings. The average molecular weight is 389 g/mol. The number of pyridine rings is 1. The third-order valence-electron chi connectivity index (χ3n) is 5.15. The molecule has 0 aliphatic carbocycles. The van der Waals surface area contributed by atoms with Crippen molar-refractivity contribution in [3.05, 3.63) is 71.8 Å². The van der Waals surface area contributed by atoms with Gasteiger partial charge in [-0.2, -0.15) is 13.2 Å². The van der Waals surface area contributed by atoms with Crippen LogP contribution in [0.4, 0.5) is 13.2 Å². The van der Waals surface area contributed by atoms with Crippen LogP contribution in [0.3, 0.4) is 0 Å². The van der Waals surface area contributed by atoms with Crippen molar-refractivity contribution < 1.29 is 17.9 Å². The third kappa shape index (κ3) is 4.36. The van der Waals surface area contributed by atoms with Crippen LogP contribution in [0.2, 0.25) is 0 Å². The molecule has 0 N–H and O–H groups in total. The number of hydrogen-bond donors (Lipinski definition) is 0. The van der Waals surface area contributed by atoms with Crippen molar-refractivity contribution in [2.45, 2.75) is 38.3 Å². The number of piperidine rings is 1. The minimum atomic E-state index is -4.32. The predicted octanol–water partition coefficient (Wildman–Crippen LogP) is 4.53. The number of hydrogen-bond acceptors (Lipinski definition) is 3. The highest BCUT2D eigenvalue weighted by Gasteiger charge is 2.30. The highest BCUT2D eigenvalue weighted by atomic mass is 19.4. The molecule has 1 fully saturated rings. The minimum Gasteiger partial charge on any atom is -0.373 e. The lowest BCUT2D eigenvalue weighted by Crippen LogP contribution is -2.37. The van der Waals surface area contributed by atoms with Crippen molar-refractivity contribution in [2.24, 2.45) is 0 Å². The summed E-state index contributed by atoms with van der Waals surface area (Å²) < 4.78 is 46.4. The van der Waals surface area contributed by atoms with Crippen molar-refractivity contribution in [1.82, 2.24) is 14.3 Å². The first kappa shape index (κ1) is 19.0. The van der Waals surface area contributed by atoms with E-state index in [0.717, 1.165) is 49.9 Å². The van der Waals surface area contributed by atoms with E-state index in [9.17, 15) is 13.2 Å². The lowest BCUT2D eigenvalue weighted by Gasteiger charge is -2.31. The zero-order valence-electron chi connectivity index (χ0n) is 15.4. The van der Waals surface area contributed by atoms with Crippen LogP contribution in [0.15, 0.2) is 54.9 Å². The quantitative estimate of drug-likeness (QED) is 0.642. The van der Waals surface area contributed by atoms with Gasteiger partial charge in [0.25, 0.3) is 0 Å². The van der Waals surface area contributed by atoms with Gasteiger partial charge in [0.1, 0.15) is 5.82 Å². The first-order chi connectivity index (χ1) is 13.5. The summed E-state index contributed by atoms with van der Waals surface area (Å²) in [6, 6.07) is 11.4. The van der Waals surface area contributed by atoms with Crippen LogP contribution in [0, 0.1) is 0 Å². The number of fused-ring (bicyclic) bond motifs is 1. The molecule has 4 nitrogen and oxygen atoms in total. The second kappa shape index (κ2) is 7.93. The summed E-state index contributed by atoms with van der Waals surface area (Å²) >= 11 is 0. The maximum Gasteiger partial charge on any atom is 0.416 e. The van der Waals surface area contributed by atoms with Gasteiger partial charge in [0.15, 0.2) is 0 Å². The minimum absolute atomic E-state index is 0.0720. The second-order valence-electron chi connectivity index (χ2n) is 7.15. The Morgan fingerprint density at radius 3 is 2.68 bits per heavy atom. The molecule has 0 bridgehead atoms. The molecule has 1 saturated heterocycles. The Balaban J connectivity index is 1.28. The van der Waals surface area contributed by atoms with Crippen LogP contribution < -0.4 is 0 Å². The third-order valence-corrected chi connectivity index (χ3v) is 5.15. The average Bonchev–Trinajstić information content (AvgIpc) is 3.10. The summed E-state index contributed by atoms with van der Waals surface area (Å²) in [4.78, 5) is 6.85. The van der Waals surface area contributed by atoms with E-state index in [-0.39, 0.29) is 12.7 Å². The topological polar surface area (TPSA) is 29.8 Å². The van der Waals surface area contributed by atoms with Crippen LogP contribution in [-0.2, 0) is 24.1 Å². The first-order valence-electron chi connectivity index (χ1n) is 9.40. The Hall–Kier alpha value is -2.38. The van der Waals surface area contributed by atoms with Gasteiger partial charge in [-0.25, -0.2) is 4.98 Å². The standard InChI is InChI=1S/C21H22F3N3O/c22-21(23,24)17-5-3-4-16(12-17)15-28-19-7-10-26(11-8-19)14-20-25-13-18-6-1-2-9-27(18)20/h1-6,9,12-13,19H,7-8,10-11,14-15H2. The summed E-state index contributed by atoms with van der Waals surface area (Å²) in [6.45, 7) is 2.75. The lowest BCUT2D eigenvalue weighted by molar-refractivity contribution is -0.137. The molecular formula is C21H22F3N3O. The largest absolute Gasteiger partial charge is 0.416 e. The fraction of sp³-hybridized carbons (Fsp3) is 0.381. The molecule has 0 amide bonds. The van der Waals surface area contributed by atoms with Crippen molar-refractivity contribution in [3.8, 4) is 0 Å². The van der Waals surface area contributed by atoms with Gasteiger partial charge in [-0.05, 0) is 42.7 Å². The maximum atomic E-state index is 12.8. The first-order valence-corrected chi connectivity index (χ1v) is 9.40. The van der Waals surface area contributed by atoms with Crippen molar-refractivity contribution in [1.29, 1.82) is 0 Å². The van der Waals surface area contributed by atoms with Crippen molar-refractivity contribution >= 4 is 5.52 Å². The lowest BCUT2D eigenvalue weighted by atomic mass is 10.1. The number of benzene rings is 1. The molecule has 28 heavy (non-hydrogen) atoms. The zero-order chi connectivity index (χ0) is 19.6. The van der Waals surface area contributed by atoms with E-state index in [2.05, 4.69) is 14.3 Å². The van der Waals surface area contributed by atoms with Gasteiger partial charge < -0.3 is 9.14 Å². The summed E-state index contributed by atoms with van der Waals surface area (Å²) in [5.74, 6) is 1.01. The van der Waals surface area contributed by atoms with Gasteiger partial charge in [0, 0.05) is 19.3 Å². The molecule has 3 heterocycles. The molecule has 1 aliphatic rings. The fourth-order valence-corrected chi connectivity index (χ4v) is 3.60. The molecule has 0 spiro atoms. The van der Waals surface area contributed by atoms with Crippen LogP contribution in [0.25, 0.3) is 5.52 Å². The predicted molar refractivity (Wildman–Crippen MR) is 99.7 cm³/mol. The Kier molecular flexibility index (Phi) is 5.37. The fourth-order valence-electron chi connectivity index (χ4n) is 3.60. The molecule has 1 aromatic carbocycles. The Labute approximate surface area is 161 Å². The van der Waals surface area contributed by atoms with Crippen LogP contribution in [0.1, 0.15) is 29.8 Å². The number of likely N-dealkylation sites (tertiary alicyclic amines) is 1. The van der Waals surface area contributed by atoms with E-state index in [1.807, 2.05) is 30.6 Å². The zero-order valence-corrected chi connectivity index (χ0v) is 15.4. The van der Waals surface area contributed by atoms with Crippen molar-refractivity contribution in [3.63, 3.8) is 0 Å². The summed E-state index contributed by atoms with van der Waals surface area (Å²) in [5.41, 5.74) is 1.01. The van der Waals surface area contributed by atoms with Crippen LogP contribution in [0.5, 0.6) is 0 Å². The monoisotopic (exact) mass is 389 g/mol. The summed E-state index contributed by atoms with van der Waals surface area (Å²) in [5, 5.41) is 0. The van der Waals surface area contributed by atoms with E-state index in [4.69, 9.17) is 4.74 Å². The molecule has 1 aliphatic heterocycles. The molecule has 7 heteroatoms. The molecule has 148 valence electrons. The van der Waals surface area contributed by atoms with Gasteiger partial charge in [-0.15, -0.1) is 0 Å². The maximum absolute atomic E-state index is 12.8. The number of nitrogens with zero attached hydrogens (tertiary/aromatic N) is 3. The highest BCUT2D eigenvalue weighted by molar-refractivity contribution is 5.45. The van der Waals surface area contributed by atoms with E-state index >= 15 is 0 Å². The molecule has 2 aromatic heterocycles. The SMILES string of the molecule is FC(F)(F)c1cccc(COC2CCN(Cc3ncc4ccccn34)CC2)c1. The summed E-state index contributed by atoms with van der Waals surface area (Å²) in [6.07, 6.45) is 1.37. The molecule has 4 rings (SSSR count). The van der Waals surface area contributed by atoms with Gasteiger partial charge >= 0.3 is 6.18 Å².